The summed E-state index contributed by atoms with van der Waals surface area (Å²) in [7, 11) is 0. The minimum atomic E-state index is -0.799. The highest BCUT2D eigenvalue weighted by Crippen LogP contribution is 2.41. The number of rotatable bonds is 2. The van der Waals surface area contributed by atoms with Crippen molar-refractivity contribution in [1.82, 2.24) is 4.90 Å². The molecule has 2 aliphatic rings. The van der Waals surface area contributed by atoms with E-state index < -0.39 is 6.23 Å². The number of esters is 1. The molecule has 0 saturated carbocycles. The Morgan fingerprint density at radius 2 is 2.11 bits per heavy atom. The van der Waals surface area contributed by atoms with Crippen molar-refractivity contribution in [3.63, 3.8) is 0 Å². The average molecular weight is 259 g/mol. The van der Waals surface area contributed by atoms with E-state index in [1.165, 1.54) is 6.92 Å². The number of hydrogen-bond acceptors (Lipinski definition) is 4. The van der Waals surface area contributed by atoms with Gasteiger partial charge in [0.2, 0.25) is 0 Å². The minimum Gasteiger partial charge on any atom is -0.427 e. The summed E-state index contributed by atoms with van der Waals surface area (Å²) in [6, 6.07) is 10.0. The molecule has 0 aliphatic carbocycles. The molecular formula is C15H17NO3. The monoisotopic (exact) mass is 259 g/mol. The molecule has 0 spiro atoms. The minimum absolute atomic E-state index is 0.159. The molecule has 0 radical (unpaired) electrons. The van der Waals surface area contributed by atoms with Gasteiger partial charge in [0.25, 0.3) is 0 Å². The van der Waals surface area contributed by atoms with Crippen molar-refractivity contribution in [2.24, 2.45) is 0 Å². The Hall–Kier alpha value is -1.65. The molecule has 2 aliphatic heterocycles. The summed E-state index contributed by atoms with van der Waals surface area (Å²) in [6.45, 7) is 2.21. The Balaban J connectivity index is 2.07. The van der Waals surface area contributed by atoms with Crippen LogP contribution in [0.1, 0.15) is 25.3 Å². The molecule has 1 saturated heterocycles. The van der Waals surface area contributed by atoms with Crippen LogP contribution in [0.25, 0.3) is 5.57 Å². The van der Waals surface area contributed by atoms with Crippen LogP contribution >= 0.6 is 0 Å². The quantitative estimate of drug-likeness (QED) is 0.822. The topological polar surface area (TPSA) is 49.8 Å². The summed E-state index contributed by atoms with van der Waals surface area (Å²) in [5.74, 6) is 0.0204. The van der Waals surface area contributed by atoms with Gasteiger partial charge in [0.05, 0.1) is 0 Å². The van der Waals surface area contributed by atoms with Gasteiger partial charge >= 0.3 is 5.97 Å². The number of benzene rings is 1. The lowest BCUT2D eigenvalue weighted by Gasteiger charge is -2.20. The maximum absolute atomic E-state index is 11.3. The normalized spacial score (nSPS) is 26.6. The molecule has 2 heterocycles. The number of ether oxygens (including phenoxy) is 1. The molecule has 4 heteroatoms. The van der Waals surface area contributed by atoms with Crippen LogP contribution in [0, 0.1) is 0 Å². The van der Waals surface area contributed by atoms with Gasteiger partial charge in [-0.1, -0.05) is 30.3 Å². The molecule has 0 amide bonds. The second-order valence-electron chi connectivity index (χ2n) is 5.01. The number of hydrogen-bond donors (Lipinski definition) is 1. The van der Waals surface area contributed by atoms with Gasteiger partial charge in [0.1, 0.15) is 0 Å². The zero-order valence-corrected chi connectivity index (χ0v) is 10.9. The molecule has 0 aromatic heterocycles. The molecule has 1 fully saturated rings. The van der Waals surface area contributed by atoms with Crippen molar-refractivity contribution in [2.75, 3.05) is 6.54 Å². The number of carbonyl (C=O) groups is 1. The van der Waals surface area contributed by atoms with Gasteiger partial charge in [0.15, 0.2) is 12.0 Å². The van der Waals surface area contributed by atoms with Crippen molar-refractivity contribution in [1.29, 1.82) is 0 Å². The van der Waals surface area contributed by atoms with Crippen LogP contribution in [0.4, 0.5) is 0 Å². The highest BCUT2D eigenvalue weighted by atomic mass is 16.5. The van der Waals surface area contributed by atoms with Gasteiger partial charge in [-0.05, 0) is 18.4 Å². The van der Waals surface area contributed by atoms with Crippen LogP contribution in [0.3, 0.4) is 0 Å². The molecule has 1 N–H and O–H groups in total. The SMILES string of the molecule is CC(=O)OC1=C(c2ccccc2)C2CCCN2C1O. The maximum atomic E-state index is 11.3. The van der Waals surface area contributed by atoms with Crippen molar-refractivity contribution in [3.05, 3.63) is 41.7 Å². The predicted octanol–water partition coefficient (Wildman–Crippen LogP) is 1.76. The molecular weight excluding hydrogens is 242 g/mol. The Kier molecular flexibility index (Phi) is 3.12. The second kappa shape index (κ2) is 4.79. The molecule has 4 nitrogen and oxygen atoms in total. The van der Waals surface area contributed by atoms with Crippen LogP contribution < -0.4 is 0 Å². The smallest absolute Gasteiger partial charge is 0.307 e. The summed E-state index contributed by atoms with van der Waals surface area (Å²) < 4.78 is 5.28. The number of carbonyl (C=O) groups excluding carboxylic acids is 1. The Morgan fingerprint density at radius 1 is 1.37 bits per heavy atom. The largest absolute Gasteiger partial charge is 0.427 e. The standard InChI is InChI=1S/C15H17NO3/c1-10(17)19-14-13(11-6-3-2-4-7-11)12-8-5-9-16(12)15(14)18/h2-4,6-7,12,15,18H,5,8-9H2,1H3. The van der Waals surface area contributed by atoms with Crippen molar-refractivity contribution < 1.29 is 14.6 Å². The van der Waals surface area contributed by atoms with E-state index in [1.54, 1.807) is 0 Å². The fourth-order valence-corrected chi connectivity index (χ4v) is 3.06. The van der Waals surface area contributed by atoms with Crippen LogP contribution in [0.2, 0.25) is 0 Å². The Labute approximate surface area is 112 Å². The number of aliphatic hydroxyl groups excluding tert-OH is 1. The molecule has 19 heavy (non-hydrogen) atoms. The highest BCUT2D eigenvalue weighted by molar-refractivity contribution is 5.78. The van der Waals surface area contributed by atoms with E-state index in [0.29, 0.717) is 5.76 Å². The molecule has 1 aromatic rings. The summed E-state index contributed by atoms with van der Waals surface area (Å²) in [4.78, 5) is 13.3. The molecule has 3 rings (SSSR count). The van der Waals surface area contributed by atoms with Crippen LogP contribution in [0.15, 0.2) is 36.1 Å². The fourth-order valence-electron chi connectivity index (χ4n) is 3.06. The molecule has 0 bridgehead atoms. The van der Waals surface area contributed by atoms with Gasteiger partial charge in [-0.2, -0.15) is 0 Å². The van der Waals surface area contributed by atoms with Crippen LogP contribution in [-0.2, 0) is 9.53 Å². The number of aliphatic hydroxyl groups is 1. The van der Waals surface area contributed by atoms with Gasteiger partial charge < -0.3 is 9.84 Å². The van der Waals surface area contributed by atoms with E-state index in [-0.39, 0.29) is 12.0 Å². The van der Waals surface area contributed by atoms with E-state index in [2.05, 4.69) is 0 Å². The van der Waals surface area contributed by atoms with E-state index in [9.17, 15) is 9.90 Å². The summed E-state index contributed by atoms with van der Waals surface area (Å²) in [5.41, 5.74) is 1.98. The number of fused-ring (bicyclic) bond motifs is 1. The third-order valence-corrected chi connectivity index (χ3v) is 3.78. The summed E-state index contributed by atoms with van der Waals surface area (Å²) in [6.07, 6.45) is 1.25. The third-order valence-electron chi connectivity index (χ3n) is 3.78. The first kappa shape index (κ1) is 12.4. The predicted molar refractivity (Wildman–Crippen MR) is 70.9 cm³/mol. The van der Waals surface area contributed by atoms with Crippen molar-refractivity contribution >= 4 is 11.5 Å². The van der Waals surface area contributed by atoms with Crippen molar-refractivity contribution in [2.45, 2.75) is 32.0 Å². The van der Waals surface area contributed by atoms with Gasteiger partial charge in [-0.3, -0.25) is 9.69 Å². The van der Waals surface area contributed by atoms with Gasteiger partial charge in [-0.15, -0.1) is 0 Å². The van der Waals surface area contributed by atoms with Gasteiger partial charge in [0, 0.05) is 25.1 Å². The molecule has 2 unspecified atom stereocenters. The average Bonchev–Trinajstić information content (AvgIpc) is 2.95. The summed E-state index contributed by atoms with van der Waals surface area (Å²) >= 11 is 0. The zero-order chi connectivity index (χ0) is 13.4. The first-order valence-corrected chi connectivity index (χ1v) is 6.60. The zero-order valence-electron chi connectivity index (χ0n) is 10.9. The molecule has 1 aromatic carbocycles. The lowest BCUT2D eigenvalue weighted by Crippen LogP contribution is -2.34. The third kappa shape index (κ3) is 2.07. The first-order chi connectivity index (χ1) is 9.18. The van der Waals surface area contributed by atoms with E-state index in [1.807, 2.05) is 35.2 Å². The molecule has 2 atom stereocenters. The molecule has 100 valence electrons. The van der Waals surface area contributed by atoms with E-state index in [0.717, 1.165) is 30.5 Å². The first-order valence-electron chi connectivity index (χ1n) is 6.60. The second-order valence-corrected chi connectivity index (χ2v) is 5.01. The highest BCUT2D eigenvalue weighted by Gasteiger charge is 2.44. The lowest BCUT2D eigenvalue weighted by atomic mass is 9.98. The Morgan fingerprint density at radius 3 is 2.79 bits per heavy atom. The van der Waals surface area contributed by atoms with Crippen LogP contribution in [0.5, 0.6) is 0 Å². The van der Waals surface area contributed by atoms with Gasteiger partial charge in [-0.25, -0.2) is 0 Å². The van der Waals surface area contributed by atoms with Crippen molar-refractivity contribution in [3.8, 4) is 0 Å². The number of nitrogens with zero attached hydrogens (tertiary/aromatic N) is 1. The fraction of sp³-hybridized carbons (Fsp3) is 0.400. The Bertz CT molecular complexity index is 523. The lowest BCUT2D eigenvalue weighted by molar-refractivity contribution is -0.139. The summed E-state index contributed by atoms with van der Waals surface area (Å²) in [5, 5.41) is 10.3. The van der Waals surface area contributed by atoms with E-state index in [4.69, 9.17) is 4.74 Å². The maximum Gasteiger partial charge on any atom is 0.307 e. The van der Waals surface area contributed by atoms with E-state index >= 15 is 0 Å². The van der Waals surface area contributed by atoms with Crippen LogP contribution in [-0.4, -0.2) is 34.8 Å².